The van der Waals surface area contributed by atoms with E-state index in [-0.39, 0.29) is 5.54 Å². The summed E-state index contributed by atoms with van der Waals surface area (Å²) < 4.78 is 0. The molecular weight excluding hydrogens is 258 g/mol. The highest BCUT2D eigenvalue weighted by Crippen LogP contribution is 2.36. The quantitative estimate of drug-likeness (QED) is 0.915. The van der Waals surface area contributed by atoms with Crippen molar-refractivity contribution < 1.29 is 0 Å². The van der Waals surface area contributed by atoms with Gasteiger partial charge in [0.2, 0.25) is 0 Å². The molecule has 2 atom stereocenters. The van der Waals surface area contributed by atoms with Crippen molar-refractivity contribution in [2.45, 2.75) is 45.1 Å². The largest absolute Gasteiger partial charge is 0.382 e. The van der Waals surface area contributed by atoms with E-state index in [2.05, 4.69) is 50.3 Å². The zero-order chi connectivity index (χ0) is 15.5. The summed E-state index contributed by atoms with van der Waals surface area (Å²) in [5.74, 6) is 0.774. The maximum atomic E-state index is 9.26. The number of anilines is 1. The monoisotopic (exact) mass is 285 g/mol. The van der Waals surface area contributed by atoms with Gasteiger partial charge in [0.25, 0.3) is 0 Å². The summed E-state index contributed by atoms with van der Waals surface area (Å²) in [5, 5.41) is 12.8. The Morgan fingerprint density at radius 1 is 1.43 bits per heavy atom. The molecule has 0 spiro atoms. The molecule has 0 aromatic heterocycles. The van der Waals surface area contributed by atoms with E-state index >= 15 is 0 Å². The Balaban J connectivity index is 2.16. The molecule has 0 amide bonds. The smallest absolute Gasteiger partial charge is 0.101 e. The summed E-state index contributed by atoms with van der Waals surface area (Å²) in [7, 11) is 4.36. The van der Waals surface area contributed by atoms with Gasteiger partial charge in [-0.1, -0.05) is 25.8 Å². The van der Waals surface area contributed by atoms with Gasteiger partial charge in [0.1, 0.15) is 6.07 Å². The number of nitrogens with zero attached hydrogens (tertiary/aromatic N) is 2. The second-order valence-electron chi connectivity index (χ2n) is 6.83. The molecule has 1 aromatic carbocycles. The van der Waals surface area contributed by atoms with Crippen LogP contribution < -0.4 is 5.32 Å². The fraction of sp³-hybridized carbons (Fsp3) is 0.611. The molecule has 1 fully saturated rings. The Labute approximate surface area is 129 Å². The molecule has 1 aromatic rings. The van der Waals surface area contributed by atoms with Crippen LogP contribution in [0.4, 0.5) is 5.69 Å². The lowest BCUT2D eigenvalue weighted by Gasteiger charge is -2.45. The van der Waals surface area contributed by atoms with Crippen molar-refractivity contribution in [3.05, 3.63) is 29.3 Å². The second-order valence-corrected chi connectivity index (χ2v) is 6.83. The maximum absolute atomic E-state index is 9.26. The Morgan fingerprint density at radius 3 is 2.81 bits per heavy atom. The second kappa shape index (κ2) is 6.49. The highest BCUT2D eigenvalue weighted by molar-refractivity contribution is 5.59. The summed E-state index contributed by atoms with van der Waals surface area (Å²) >= 11 is 0. The molecule has 3 nitrogen and oxygen atoms in total. The summed E-state index contributed by atoms with van der Waals surface area (Å²) in [6.45, 7) is 5.32. The van der Waals surface area contributed by atoms with Crippen molar-refractivity contribution >= 4 is 5.69 Å². The number of hydrogen-bond donors (Lipinski definition) is 1. The minimum atomic E-state index is 0.203. The molecule has 1 saturated carbocycles. The standard InChI is InChI=1S/C18H27N3/c1-14-7-8-16(12-19)17(10-14)20-13-18(21(3)4)9-5-6-15(2)11-18/h7-8,10,15,20H,5-6,9,11,13H2,1-4H3. The number of nitrogens with one attached hydrogen (secondary N) is 1. The van der Waals surface area contributed by atoms with E-state index in [1.165, 1.54) is 31.2 Å². The van der Waals surface area contributed by atoms with Crippen LogP contribution in [0.1, 0.15) is 43.7 Å². The van der Waals surface area contributed by atoms with Crippen LogP contribution in [0, 0.1) is 24.2 Å². The van der Waals surface area contributed by atoms with Gasteiger partial charge in [-0.05, 0) is 57.5 Å². The van der Waals surface area contributed by atoms with Crippen molar-refractivity contribution in [3.8, 4) is 6.07 Å². The van der Waals surface area contributed by atoms with Crippen molar-refractivity contribution in [1.29, 1.82) is 5.26 Å². The fourth-order valence-electron chi connectivity index (χ4n) is 3.52. The SMILES string of the molecule is Cc1ccc(C#N)c(NCC2(N(C)C)CCCC(C)C2)c1. The normalized spacial score (nSPS) is 25.6. The highest BCUT2D eigenvalue weighted by atomic mass is 15.2. The highest BCUT2D eigenvalue weighted by Gasteiger charge is 2.36. The summed E-state index contributed by atoms with van der Waals surface area (Å²) in [4.78, 5) is 2.37. The van der Waals surface area contributed by atoms with Crippen molar-refractivity contribution in [2.24, 2.45) is 5.92 Å². The van der Waals surface area contributed by atoms with Crippen LogP contribution in [-0.4, -0.2) is 31.1 Å². The van der Waals surface area contributed by atoms with Crippen molar-refractivity contribution in [3.63, 3.8) is 0 Å². The molecule has 2 unspecified atom stereocenters. The minimum Gasteiger partial charge on any atom is -0.382 e. The lowest BCUT2D eigenvalue weighted by molar-refractivity contribution is 0.0882. The Kier molecular flexibility index (Phi) is 4.90. The molecule has 0 bridgehead atoms. The van der Waals surface area contributed by atoms with Crippen LogP contribution in [0.15, 0.2) is 18.2 Å². The fourth-order valence-corrected chi connectivity index (χ4v) is 3.52. The van der Waals surface area contributed by atoms with Crippen molar-refractivity contribution in [2.75, 3.05) is 26.0 Å². The van der Waals surface area contributed by atoms with Gasteiger partial charge in [-0.2, -0.15) is 5.26 Å². The summed E-state index contributed by atoms with van der Waals surface area (Å²) in [6, 6.07) is 8.26. The number of nitriles is 1. The number of rotatable bonds is 4. The molecule has 1 N–H and O–H groups in total. The first-order valence-electron chi connectivity index (χ1n) is 7.89. The van der Waals surface area contributed by atoms with Crippen LogP contribution in [0.2, 0.25) is 0 Å². The number of hydrogen-bond acceptors (Lipinski definition) is 3. The third-order valence-electron chi connectivity index (χ3n) is 4.92. The number of likely N-dealkylation sites (N-methyl/N-ethyl adjacent to an activating group) is 1. The van der Waals surface area contributed by atoms with E-state index in [1.54, 1.807) is 0 Å². The summed E-state index contributed by atoms with van der Waals surface area (Å²) in [6.07, 6.45) is 5.08. The maximum Gasteiger partial charge on any atom is 0.101 e. The van der Waals surface area contributed by atoms with E-state index in [9.17, 15) is 5.26 Å². The van der Waals surface area contributed by atoms with Crippen LogP contribution in [-0.2, 0) is 0 Å². The van der Waals surface area contributed by atoms with Gasteiger partial charge in [0, 0.05) is 12.1 Å². The van der Waals surface area contributed by atoms with Gasteiger partial charge in [0.15, 0.2) is 0 Å². The van der Waals surface area contributed by atoms with Crippen LogP contribution in [0.5, 0.6) is 0 Å². The lowest BCUT2D eigenvalue weighted by Crippen LogP contribution is -2.52. The lowest BCUT2D eigenvalue weighted by atomic mass is 9.75. The van der Waals surface area contributed by atoms with Gasteiger partial charge in [0.05, 0.1) is 11.3 Å². The molecule has 114 valence electrons. The first kappa shape index (κ1) is 15.9. The zero-order valence-electron chi connectivity index (χ0n) is 13.7. The minimum absolute atomic E-state index is 0.203. The topological polar surface area (TPSA) is 39.1 Å². The van der Waals surface area contributed by atoms with Gasteiger partial charge >= 0.3 is 0 Å². The van der Waals surface area contributed by atoms with Gasteiger partial charge < -0.3 is 10.2 Å². The number of aryl methyl sites for hydroxylation is 1. The molecule has 0 heterocycles. The molecular formula is C18H27N3. The molecule has 1 aliphatic carbocycles. The van der Waals surface area contributed by atoms with E-state index in [0.29, 0.717) is 0 Å². The molecule has 1 aliphatic rings. The molecule has 0 saturated heterocycles. The predicted molar refractivity (Wildman–Crippen MR) is 88.4 cm³/mol. The van der Waals surface area contributed by atoms with E-state index in [0.717, 1.165) is 23.7 Å². The molecule has 21 heavy (non-hydrogen) atoms. The summed E-state index contributed by atoms with van der Waals surface area (Å²) in [5.41, 5.74) is 3.09. The van der Waals surface area contributed by atoms with Gasteiger partial charge in [-0.3, -0.25) is 0 Å². The van der Waals surface area contributed by atoms with Gasteiger partial charge in [-0.15, -0.1) is 0 Å². The molecule has 2 rings (SSSR count). The Hall–Kier alpha value is -1.53. The zero-order valence-corrected chi connectivity index (χ0v) is 13.7. The first-order chi connectivity index (χ1) is 9.97. The Morgan fingerprint density at radius 2 is 2.19 bits per heavy atom. The van der Waals surface area contributed by atoms with E-state index < -0.39 is 0 Å². The molecule has 3 heteroatoms. The average Bonchev–Trinajstić information content (AvgIpc) is 2.45. The van der Waals surface area contributed by atoms with Crippen LogP contribution in [0.3, 0.4) is 0 Å². The van der Waals surface area contributed by atoms with Crippen molar-refractivity contribution in [1.82, 2.24) is 4.90 Å². The number of benzene rings is 1. The molecule has 0 aliphatic heterocycles. The van der Waals surface area contributed by atoms with E-state index in [4.69, 9.17) is 0 Å². The predicted octanol–water partition coefficient (Wildman–Crippen LogP) is 3.79. The van der Waals surface area contributed by atoms with Crippen LogP contribution >= 0.6 is 0 Å². The van der Waals surface area contributed by atoms with Gasteiger partial charge in [-0.25, -0.2) is 0 Å². The third-order valence-corrected chi connectivity index (χ3v) is 4.92. The van der Waals surface area contributed by atoms with E-state index in [1.807, 2.05) is 12.1 Å². The van der Waals surface area contributed by atoms with Crippen LogP contribution in [0.25, 0.3) is 0 Å². The molecule has 0 radical (unpaired) electrons. The third kappa shape index (κ3) is 3.57. The average molecular weight is 285 g/mol. The Bertz CT molecular complexity index is 530. The first-order valence-corrected chi connectivity index (χ1v) is 7.89.